The highest BCUT2D eigenvalue weighted by Crippen LogP contribution is 2.18. The van der Waals surface area contributed by atoms with E-state index in [1.165, 1.54) is 116 Å². The van der Waals surface area contributed by atoms with Crippen LogP contribution in [-0.4, -0.2) is 46.9 Å². The Morgan fingerprint density at radius 2 is 0.879 bits per heavy atom. The number of amides is 1. The molecule has 338 valence electrons. The molecule has 0 radical (unpaired) electrons. The van der Waals surface area contributed by atoms with E-state index in [0.29, 0.717) is 19.3 Å². The fourth-order valence-electron chi connectivity index (χ4n) is 7.44. The largest absolute Gasteiger partial charge is 0.462 e. The first-order valence-corrected chi connectivity index (χ1v) is 24.9. The first kappa shape index (κ1) is 55.8. The monoisotopic (exact) mass is 814 g/mol. The summed E-state index contributed by atoms with van der Waals surface area (Å²) in [5.41, 5.74) is 0. The summed E-state index contributed by atoms with van der Waals surface area (Å²) in [7, 11) is 0. The number of carbonyl (C=O) groups excluding carboxylic acids is 2. The second-order valence-electron chi connectivity index (χ2n) is 17.0. The maximum absolute atomic E-state index is 13.1. The van der Waals surface area contributed by atoms with Gasteiger partial charge in [-0.1, -0.05) is 230 Å². The number of ether oxygens (including phenoxy) is 1. The first-order chi connectivity index (χ1) is 28.5. The third kappa shape index (κ3) is 40.6. The van der Waals surface area contributed by atoms with Crippen molar-refractivity contribution in [2.45, 2.75) is 264 Å². The minimum atomic E-state index is -0.789. The van der Waals surface area contributed by atoms with Crippen molar-refractivity contribution in [1.29, 1.82) is 0 Å². The quantitative estimate of drug-likeness (QED) is 0.0323. The summed E-state index contributed by atoms with van der Waals surface area (Å²) in [6.45, 7) is 6.41. The van der Waals surface area contributed by atoms with Crippen molar-refractivity contribution < 1.29 is 24.5 Å². The molecule has 6 nitrogen and oxygen atoms in total. The van der Waals surface area contributed by atoms with Crippen LogP contribution >= 0.6 is 0 Å². The number of aliphatic hydroxyl groups is 2. The Kier molecular flexibility index (Phi) is 44.2. The lowest BCUT2D eigenvalue weighted by Gasteiger charge is -2.24. The van der Waals surface area contributed by atoms with Gasteiger partial charge in [0.2, 0.25) is 5.91 Å². The van der Waals surface area contributed by atoms with Crippen LogP contribution in [0.25, 0.3) is 0 Å². The molecule has 1 amide bonds. The zero-order valence-corrected chi connectivity index (χ0v) is 38.4. The predicted octanol–water partition coefficient (Wildman–Crippen LogP) is 14.7. The van der Waals surface area contributed by atoms with Gasteiger partial charge in [-0.3, -0.25) is 9.59 Å². The van der Waals surface area contributed by atoms with Crippen LogP contribution in [0.15, 0.2) is 48.6 Å². The molecular formula is C52H95NO5. The molecule has 0 aromatic heterocycles. The van der Waals surface area contributed by atoms with Crippen molar-refractivity contribution in [1.82, 2.24) is 5.32 Å². The molecule has 0 aromatic rings. The number of carbonyl (C=O) groups is 2. The number of unbranched alkanes of at least 4 members (excludes halogenated alkanes) is 27. The normalized spacial score (nSPS) is 13.7. The molecule has 0 saturated carbocycles. The SMILES string of the molecule is CCCCC/C=C/C=C/C=C/C=C/CCCCCCCC(=O)OC(CCCCCCCCC)CC(=O)NC(CO)C(O)CCCCCCCCCCCCCCCC. The van der Waals surface area contributed by atoms with E-state index in [1.807, 2.05) is 0 Å². The summed E-state index contributed by atoms with van der Waals surface area (Å²) in [5.74, 6) is -0.501. The van der Waals surface area contributed by atoms with Crippen molar-refractivity contribution in [3.8, 4) is 0 Å². The van der Waals surface area contributed by atoms with Crippen LogP contribution in [-0.2, 0) is 14.3 Å². The molecule has 0 rings (SSSR count). The van der Waals surface area contributed by atoms with Gasteiger partial charge < -0.3 is 20.3 Å². The first-order valence-electron chi connectivity index (χ1n) is 24.9. The van der Waals surface area contributed by atoms with E-state index in [2.05, 4.69) is 74.7 Å². The number of aliphatic hydroxyl groups excluding tert-OH is 2. The van der Waals surface area contributed by atoms with Crippen LogP contribution in [0.2, 0.25) is 0 Å². The molecule has 3 N–H and O–H groups in total. The van der Waals surface area contributed by atoms with E-state index in [-0.39, 0.29) is 24.9 Å². The van der Waals surface area contributed by atoms with Crippen molar-refractivity contribution in [2.75, 3.05) is 6.61 Å². The summed E-state index contributed by atoms with van der Waals surface area (Å²) in [6, 6.07) is -0.703. The van der Waals surface area contributed by atoms with Gasteiger partial charge in [0.1, 0.15) is 6.10 Å². The lowest BCUT2D eigenvalue weighted by atomic mass is 10.0. The van der Waals surface area contributed by atoms with Crippen LogP contribution in [0.4, 0.5) is 0 Å². The van der Waals surface area contributed by atoms with E-state index < -0.39 is 18.2 Å². The summed E-state index contributed by atoms with van der Waals surface area (Å²) >= 11 is 0. The molecule has 58 heavy (non-hydrogen) atoms. The van der Waals surface area contributed by atoms with E-state index >= 15 is 0 Å². The maximum atomic E-state index is 13.1. The molecule has 0 spiro atoms. The van der Waals surface area contributed by atoms with Gasteiger partial charge in [-0.25, -0.2) is 0 Å². The molecule has 0 heterocycles. The number of hydrogen-bond acceptors (Lipinski definition) is 5. The molecule has 0 saturated heterocycles. The van der Waals surface area contributed by atoms with Crippen molar-refractivity contribution >= 4 is 11.9 Å². The fraction of sp³-hybridized carbons (Fsp3) is 0.808. The van der Waals surface area contributed by atoms with Gasteiger partial charge in [0.25, 0.3) is 0 Å². The number of rotatable bonds is 44. The highest BCUT2D eigenvalue weighted by atomic mass is 16.5. The molecule has 0 aromatic carbocycles. The fourth-order valence-corrected chi connectivity index (χ4v) is 7.44. The molecule has 3 unspecified atom stereocenters. The summed E-state index contributed by atoms with van der Waals surface area (Å²) < 4.78 is 5.88. The number of hydrogen-bond donors (Lipinski definition) is 3. The summed E-state index contributed by atoms with van der Waals surface area (Å²) in [4.78, 5) is 26.0. The zero-order valence-electron chi connectivity index (χ0n) is 38.4. The third-order valence-electron chi connectivity index (χ3n) is 11.3. The van der Waals surface area contributed by atoms with Crippen molar-refractivity contribution in [3.63, 3.8) is 0 Å². The van der Waals surface area contributed by atoms with E-state index in [0.717, 1.165) is 83.5 Å². The minimum Gasteiger partial charge on any atom is -0.462 e. The van der Waals surface area contributed by atoms with Gasteiger partial charge in [0.05, 0.1) is 25.2 Å². The number of nitrogens with one attached hydrogen (secondary N) is 1. The predicted molar refractivity (Wildman–Crippen MR) is 250 cm³/mol. The van der Waals surface area contributed by atoms with Crippen LogP contribution in [0.3, 0.4) is 0 Å². The Labute approximate surface area is 359 Å². The average molecular weight is 814 g/mol. The van der Waals surface area contributed by atoms with Gasteiger partial charge in [-0.2, -0.15) is 0 Å². The average Bonchev–Trinajstić information content (AvgIpc) is 3.21. The van der Waals surface area contributed by atoms with Gasteiger partial charge in [-0.05, 0) is 51.4 Å². The molecule has 0 bridgehead atoms. The van der Waals surface area contributed by atoms with Gasteiger partial charge in [-0.15, -0.1) is 0 Å². The maximum Gasteiger partial charge on any atom is 0.306 e. The smallest absolute Gasteiger partial charge is 0.306 e. The zero-order chi connectivity index (χ0) is 42.4. The Hall–Kier alpha value is -2.18. The molecular weight excluding hydrogens is 719 g/mol. The van der Waals surface area contributed by atoms with Gasteiger partial charge >= 0.3 is 5.97 Å². The topological polar surface area (TPSA) is 95.9 Å². The lowest BCUT2D eigenvalue weighted by molar-refractivity contribution is -0.151. The lowest BCUT2D eigenvalue weighted by Crippen LogP contribution is -2.46. The van der Waals surface area contributed by atoms with Crippen molar-refractivity contribution in [2.24, 2.45) is 0 Å². The Morgan fingerprint density at radius 1 is 0.500 bits per heavy atom. The highest BCUT2D eigenvalue weighted by molar-refractivity contribution is 5.77. The number of allylic oxidation sites excluding steroid dienone is 8. The van der Waals surface area contributed by atoms with E-state index in [4.69, 9.17) is 4.74 Å². The third-order valence-corrected chi connectivity index (χ3v) is 11.3. The van der Waals surface area contributed by atoms with Crippen LogP contribution in [0, 0.1) is 0 Å². The van der Waals surface area contributed by atoms with E-state index in [1.54, 1.807) is 0 Å². The van der Waals surface area contributed by atoms with Gasteiger partial charge in [0.15, 0.2) is 0 Å². The molecule has 0 fully saturated rings. The number of esters is 1. The van der Waals surface area contributed by atoms with Crippen LogP contribution < -0.4 is 5.32 Å². The second kappa shape index (κ2) is 45.9. The second-order valence-corrected chi connectivity index (χ2v) is 17.0. The standard InChI is InChI=1S/C52H95NO5/c1-4-7-10-13-16-18-20-22-24-25-26-27-29-31-33-36-39-42-45-52(57)58-48(43-40-37-34-15-12-9-6-3)46-51(56)53-49(47-54)50(55)44-41-38-35-32-30-28-23-21-19-17-14-11-8-5-2/h16,18,20,22,24-27,48-50,54-55H,4-15,17,19,21,23,28-47H2,1-3H3,(H,53,56)/b18-16+,22-20+,25-24+,27-26+. The Balaban J connectivity index is 4.42. The summed E-state index contributed by atoms with van der Waals surface area (Å²) in [6.07, 6.45) is 54.6. The molecule has 0 aliphatic carbocycles. The Bertz CT molecular complexity index is 1000. The van der Waals surface area contributed by atoms with Crippen molar-refractivity contribution in [3.05, 3.63) is 48.6 Å². The molecule has 0 aliphatic rings. The molecule has 3 atom stereocenters. The Morgan fingerprint density at radius 3 is 1.36 bits per heavy atom. The highest BCUT2D eigenvalue weighted by Gasteiger charge is 2.24. The van der Waals surface area contributed by atoms with Gasteiger partial charge in [0, 0.05) is 6.42 Å². The molecule has 6 heteroatoms. The minimum absolute atomic E-state index is 0.0683. The van der Waals surface area contributed by atoms with Crippen LogP contribution in [0.1, 0.15) is 245 Å². The van der Waals surface area contributed by atoms with E-state index in [9.17, 15) is 19.8 Å². The molecule has 0 aliphatic heterocycles. The summed E-state index contributed by atoms with van der Waals surface area (Å²) in [5, 5.41) is 23.7. The van der Waals surface area contributed by atoms with Crippen LogP contribution in [0.5, 0.6) is 0 Å².